The molecule has 26 heavy (non-hydrogen) atoms. The van der Waals surface area contributed by atoms with Crippen LogP contribution >= 0.6 is 0 Å². The van der Waals surface area contributed by atoms with Gasteiger partial charge in [0, 0.05) is 12.6 Å². The van der Waals surface area contributed by atoms with E-state index in [0.717, 1.165) is 12.6 Å². The Kier molecular flexibility index (Phi) is 5.45. The number of alkyl halides is 2. The summed E-state index contributed by atoms with van der Waals surface area (Å²) >= 11 is 0. The standard InChI is InChI=1S/C17H17F2N3O4/c18-14(19)9-25-12-3-11(17(23)24)4-13(5-12)26-16-8-21-15(7-22-16)20-6-10-1-2-10/h3-5,7-8,10,14H,1-2,6,9H2,(H,20,21)(H,23,24). The van der Waals surface area contributed by atoms with Gasteiger partial charge in [-0.1, -0.05) is 0 Å². The predicted octanol–water partition coefficient (Wildman–Crippen LogP) is 3.43. The number of aromatic carboxylic acids is 1. The first kappa shape index (κ1) is 17.8. The van der Waals surface area contributed by atoms with E-state index in [4.69, 9.17) is 14.6 Å². The number of carboxylic acids is 1. The van der Waals surface area contributed by atoms with Crippen LogP contribution in [0.4, 0.5) is 14.6 Å². The number of ether oxygens (including phenoxy) is 2. The Balaban J connectivity index is 1.69. The summed E-state index contributed by atoms with van der Waals surface area (Å²) in [5, 5.41) is 12.3. The molecule has 7 nitrogen and oxygen atoms in total. The molecule has 0 radical (unpaired) electrons. The van der Waals surface area contributed by atoms with Crippen LogP contribution in [0.1, 0.15) is 23.2 Å². The largest absolute Gasteiger partial charge is 0.487 e. The van der Waals surface area contributed by atoms with Crippen LogP contribution in [0, 0.1) is 5.92 Å². The summed E-state index contributed by atoms with van der Waals surface area (Å²) < 4.78 is 34.9. The topological polar surface area (TPSA) is 93.6 Å². The smallest absolute Gasteiger partial charge is 0.335 e. The first-order chi connectivity index (χ1) is 12.5. The third-order valence-corrected chi connectivity index (χ3v) is 3.62. The van der Waals surface area contributed by atoms with Gasteiger partial charge in [0.2, 0.25) is 5.88 Å². The number of carbonyl (C=O) groups is 1. The van der Waals surface area contributed by atoms with Crippen molar-refractivity contribution in [1.82, 2.24) is 9.97 Å². The third kappa shape index (κ3) is 5.27. The van der Waals surface area contributed by atoms with Crippen LogP contribution < -0.4 is 14.8 Å². The molecule has 0 unspecified atom stereocenters. The lowest BCUT2D eigenvalue weighted by Crippen LogP contribution is -2.08. The highest BCUT2D eigenvalue weighted by Gasteiger charge is 2.20. The van der Waals surface area contributed by atoms with Crippen molar-refractivity contribution in [1.29, 1.82) is 0 Å². The van der Waals surface area contributed by atoms with E-state index in [-0.39, 0.29) is 22.9 Å². The van der Waals surface area contributed by atoms with E-state index in [9.17, 15) is 13.6 Å². The van der Waals surface area contributed by atoms with Crippen LogP contribution in [0.25, 0.3) is 0 Å². The van der Waals surface area contributed by atoms with Crippen molar-refractivity contribution in [3.05, 3.63) is 36.2 Å². The lowest BCUT2D eigenvalue weighted by Gasteiger charge is -2.10. The number of hydrogen-bond acceptors (Lipinski definition) is 6. The number of carboxylic acid groups (broad SMARTS) is 1. The number of hydrogen-bond donors (Lipinski definition) is 2. The minimum absolute atomic E-state index is 0.0316. The maximum atomic E-state index is 12.3. The summed E-state index contributed by atoms with van der Waals surface area (Å²) in [5.74, 6) is 0.285. The molecule has 0 amide bonds. The summed E-state index contributed by atoms with van der Waals surface area (Å²) in [6.45, 7) is 0.00402. The van der Waals surface area contributed by atoms with E-state index in [0.29, 0.717) is 11.7 Å². The molecule has 1 fully saturated rings. The molecule has 3 rings (SSSR count). The molecule has 138 valence electrons. The highest BCUT2D eigenvalue weighted by atomic mass is 19.3. The lowest BCUT2D eigenvalue weighted by molar-refractivity contribution is 0.0694. The molecule has 1 aromatic carbocycles. The second kappa shape index (κ2) is 7.94. The van der Waals surface area contributed by atoms with Crippen molar-refractivity contribution in [2.45, 2.75) is 19.3 Å². The van der Waals surface area contributed by atoms with Crippen LogP contribution in [0.5, 0.6) is 17.4 Å². The van der Waals surface area contributed by atoms with Gasteiger partial charge in [-0.3, -0.25) is 0 Å². The highest BCUT2D eigenvalue weighted by Crippen LogP contribution is 2.29. The number of halogens is 2. The van der Waals surface area contributed by atoms with Crippen molar-refractivity contribution in [2.24, 2.45) is 5.92 Å². The SMILES string of the molecule is O=C(O)c1cc(OCC(F)F)cc(Oc2cnc(NCC3CC3)cn2)c1. The molecule has 1 aliphatic carbocycles. The average Bonchev–Trinajstić information content (AvgIpc) is 3.43. The van der Waals surface area contributed by atoms with Crippen LogP contribution in [0.3, 0.4) is 0 Å². The molecular formula is C17H17F2N3O4. The number of rotatable bonds is 9. The number of benzene rings is 1. The molecular weight excluding hydrogens is 348 g/mol. The van der Waals surface area contributed by atoms with Gasteiger partial charge in [0.1, 0.15) is 23.9 Å². The molecule has 2 N–H and O–H groups in total. The zero-order valence-corrected chi connectivity index (χ0v) is 13.7. The summed E-state index contributed by atoms with van der Waals surface area (Å²) in [7, 11) is 0. The molecule has 9 heteroatoms. The number of anilines is 1. The van der Waals surface area contributed by atoms with Gasteiger partial charge >= 0.3 is 5.97 Å². The zero-order chi connectivity index (χ0) is 18.5. The molecule has 0 atom stereocenters. The van der Waals surface area contributed by atoms with Gasteiger partial charge in [-0.15, -0.1) is 0 Å². The van der Waals surface area contributed by atoms with Gasteiger partial charge < -0.3 is 19.9 Å². The van der Waals surface area contributed by atoms with Gasteiger partial charge in [-0.05, 0) is 30.9 Å². The monoisotopic (exact) mass is 365 g/mol. The van der Waals surface area contributed by atoms with E-state index in [1.807, 2.05) is 0 Å². The molecule has 1 heterocycles. The van der Waals surface area contributed by atoms with Gasteiger partial charge in [-0.2, -0.15) is 0 Å². The van der Waals surface area contributed by atoms with Gasteiger partial charge in [-0.25, -0.2) is 23.5 Å². The number of nitrogens with zero attached hydrogens (tertiary/aromatic N) is 2. The second-order valence-electron chi connectivity index (χ2n) is 5.87. The zero-order valence-electron chi connectivity index (χ0n) is 13.7. The number of aromatic nitrogens is 2. The highest BCUT2D eigenvalue weighted by molar-refractivity contribution is 5.88. The first-order valence-corrected chi connectivity index (χ1v) is 8.02. The van der Waals surface area contributed by atoms with Gasteiger partial charge in [0.15, 0.2) is 0 Å². The third-order valence-electron chi connectivity index (χ3n) is 3.62. The van der Waals surface area contributed by atoms with E-state index < -0.39 is 19.0 Å². The lowest BCUT2D eigenvalue weighted by atomic mass is 10.2. The molecule has 0 aliphatic heterocycles. The molecule has 0 saturated heterocycles. The normalized spacial score (nSPS) is 13.5. The van der Waals surface area contributed by atoms with Crippen LogP contribution in [0.15, 0.2) is 30.6 Å². The Morgan fingerprint density at radius 1 is 1.23 bits per heavy atom. The molecule has 1 aliphatic rings. The van der Waals surface area contributed by atoms with Gasteiger partial charge in [0.05, 0.1) is 18.0 Å². The first-order valence-electron chi connectivity index (χ1n) is 8.02. The van der Waals surface area contributed by atoms with Crippen molar-refractivity contribution in [3.63, 3.8) is 0 Å². The van der Waals surface area contributed by atoms with Crippen molar-refractivity contribution in [2.75, 3.05) is 18.5 Å². The Morgan fingerprint density at radius 3 is 2.62 bits per heavy atom. The number of nitrogens with one attached hydrogen (secondary N) is 1. The second-order valence-corrected chi connectivity index (χ2v) is 5.87. The molecule has 2 aromatic rings. The van der Waals surface area contributed by atoms with E-state index >= 15 is 0 Å². The fourth-order valence-corrected chi connectivity index (χ4v) is 2.15. The Bertz CT molecular complexity index is 767. The average molecular weight is 365 g/mol. The summed E-state index contributed by atoms with van der Waals surface area (Å²) in [4.78, 5) is 19.4. The van der Waals surface area contributed by atoms with Gasteiger partial charge in [0.25, 0.3) is 6.43 Å². The molecule has 1 saturated carbocycles. The molecule has 0 bridgehead atoms. The fraction of sp³-hybridized carbons (Fsp3) is 0.353. The summed E-state index contributed by atoms with van der Waals surface area (Å²) in [5.41, 5.74) is -0.151. The quantitative estimate of drug-likeness (QED) is 0.703. The van der Waals surface area contributed by atoms with Crippen molar-refractivity contribution < 1.29 is 28.2 Å². The Labute approximate surface area is 148 Å². The minimum atomic E-state index is -2.67. The van der Waals surface area contributed by atoms with Crippen molar-refractivity contribution >= 4 is 11.8 Å². The molecule has 1 aromatic heterocycles. The summed E-state index contributed by atoms with van der Waals surface area (Å²) in [6.07, 6.45) is 2.67. The summed E-state index contributed by atoms with van der Waals surface area (Å²) in [6, 6.07) is 3.71. The van der Waals surface area contributed by atoms with Crippen LogP contribution in [0.2, 0.25) is 0 Å². The Hall–Kier alpha value is -2.97. The van der Waals surface area contributed by atoms with Crippen LogP contribution in [-0.4, -0.2) is 40.6 Å². The van der Waals surface area contributed by atoms with Crippen LogP contribution in [-0.2, 0) is 0 Å². The minimum Gasteiger partial charge on any atom is -0.487 e. The van der Waals surface area contributed by atoms with Crippen molar-refractivity contribution in [3.8, 4) is 17.4 Å². The van der Waals surface area contributed by atoms with E-state index in [1.54, 1.807) is 0 Å². The molecule has 0 spiro atoms. The van der Waals surface area contributed by atoms with E-state index in [2.05, 4.69) is 15.3 Å². The maximum Gasteiger partial charge on any atom is 0.335 e. The fourth-order valence-electron chi connectivity index (χ4n) is 2.15. The predicted molar refractivity (Wildman–Crippen MR) is 88.2 cm³/mol. The van der Waals surface area contributed by atoms with E-state index in [1.165, 1.54) is 37.4 Å². The maximum absolute atomic E-state index is 12.3. The Morgan fingerprint density at radius 2 is 2.00 bits per heavy atom.